The molecule has 0 radical (unpaired) electrons. The highest BCUT2D eigenvalue weighted by atomic mass is 16.1. The quantitative estimate of drug-likeness (QED) is 0.735. The van der Waals surface area contributed by atoms with Crippen LogP contribution in [-0.4, -0.2) is 20.4 Å². The molecule has 0 aliphatic heterocycles. The number of carbonyl (C=O) groups is 1. The summed E-state index contributed by atoms with van der Waals surface area (Å²) in [6.07, 6.45) is 5.06. The molecule has 0 aliphatic carbocycles. The summed E-state index contributed by atoms with van der Waals surface area (Å²) >= 11 is 0. The molecule has 18 heavy (non-hydrogen) atoms. The van der Waals surface area contributed by atoms with Crippen LogP contribution in [0.4, 0.5) is 0 Å². The Kier molecular flexibility index (Phi) is 2.30. The van der Waals surface area contributed by atoms with E-state index < -0.39 is 5.91 Å². The molecule has 0 fully saturated rings. The van der Waals surface area contributed by atoms with Gasteiger partial charge in [-0.25, -0.2) is 9.97 Å². The lowest BCUT2D eigenvalue weighted by atomic mass is 10.2. The Balaban J connectivity index is 2.19. The van der Waals surface area contributed by atoms with Gasteiger partial charge in [0.15, 0.2) is 0 Å². The van der Waals surface area contributed by atoms with Crippen molar-refractivity contribution in [3.05, 3.63) is 54.5 Å². The van der Waals surface area contributed by atoms with E-state index in [9.17, 15) is 4.79 Å². The number of fused-ring (bicyclic) bond motifs is 1. The second-order valence-electron chi connectivity index (χ2n) is 3.87. The van der Waals surface area contributed by atoms with Crippen LogP contribution in [0, 0.1) is 0 Å². The molecule has 5 nitrogen and oxygen atoms in total. The monoisotopic (exact) mass is 238 g/mol. The van der Waals surface area contributed by atoms with E-state index in [0.717, 1.165) is 16.9 Å². The molecule has 88 valence electrons. The van der Waals surface area contributed by atoms with E-state index in [2.05, 4.69) is 9.97 Å². The molecule has 0 atom stereocenters. The summed E-state index contributed by atoms with van der Waals surface area (Å²) in [4.78, 5) is 19.6. The van der Waals surface area contributed by atoms with E-state index in [1.54, 1.807) is 12.3 Å². The van der Waals surface area contributed by atoms with E-state index in [4.69, 9.17) is 5.73 Å². The van der Waals surface area contributed by atoms with Crippen LogP contribution in [-0.2, 0) is 0 Å². The summed E-state index contributed by atoms with van der Waals surface area (Å²) in [5, 5.41) is 0.858. The smallest absolute Gasteiger partial charge is 0.250 e. The normalized spacial score (nSPS) is 10.7. The molecule has 0 saturated carbocycles. The van der Waals surface area contributed by atoms with Gasteiger partial charge < -0.3 is 5.73 Å². The zero-order valence-corrected chi connectivity index (χ0v) is 9.45. The first-order chi connectivity index (χ1) is 8.75. The number of hydrogen-bond acceptors (Lipinski definition) is 3. The Hall–Kier alpha value is -2.69. The van der Waals surface area contributed by atoms with Gasteiger partial charge in [-0.05, 0) is 24.3 Å². The molecule has 3 aromatic heterocycles. The standard InChI is InChI=1S/C13H10N4O/c14-12(18)10-7-9-4-6-17(13(9)16-8-10)11-3-1-2-5-15-11/h1-8H,(H2,14,18). The predicted octanol–water partition coefficient (Wildman–Crippen LogP) is 1.52. The SMILES string of the molecule is NC(=O)c1cnc2c(ccn2-c2ccccn2)c1. The summed E-state index contributed by atoms with van der Waals surface area (Å²) in [5.41, 5.74) is 6.38. The van der Waals surface area contributed by atoms with Crippen molar-refractivity contribution in [2.75, 3.05) is 0 Å². The number of primary amides is 1. The van der Waals surface area contributed by atoms with Gasteiger partial charge in [-0.3, -0.25) is 9.36 Å². The molecule has 0 spiro atoms. The van der Waals surface area contributed by atoms with E-state index in [0.29, 0.717) is 5.56 Å². The van der Waals surface area contributed by atoms with Crippen molar-refractivity contribution in [1.29, 1.82) is 0 Å². The lowest BCUT2D eigenvalue weighted by molar-refractivity contribution is 0.1000. The molecule has 0 saturated heterocycles. The van der Waals surface area contributed by atoms with Crippen molar-refractivity contribution in [1.82, 2.24) is 14.5 Å². The fraction of sp³-hybridized carbons (Fsp3) is 0. The Morgan fingerprint density at radius 3 is 2.83 bits per heavy atom. The minimum absolute atomic E-state index is 0.404. The third kappa shape index (κ3) is 1.62. The van der Waals surface area contributed by atoms with Crippen molar-refractivity contribution in [2.24, 2.45) is 5.73 Å². The third-order valence-electron chi connectivity index (χ3n) is 2.71. The van der Waals surface area contributed by atoms with Crippen LogP contribution in [0.15, 0.2) is 48.9 Å². The fourth-order valence-corrected chi connectivity index (χ4v) is 1.84. The first-order valence-corrected chi connectivity index (χ1v) is 5.44. The van der Waals surface area contributed by atoms with Crippen molar-refractivity contribution < 1.29 is 4.79 Å². The number of nitrogens with zero attached hydrogens (tertiary/aromatic N) is 3. The zero-order valence-electron chi connectivity index (χ0n) is 9.45. The molecular formula is C13H10N4O. The van der Waals surface area contributed by atoms with Gasteiger partial charge in [0.25, 0.3) is 0 Å². The van der Waals surface area contributed by atoms with Gasteiger partial charge in [-0.15, -0.1) is 0 Å². The largest absolute Gasteiger partial charge is 0.366 e. The van der Waals surface area contributed by atoms with Crippen molar-refractivity contribution in [3.8, 4) is 5.82 Å². The van der Waals surface area contributed by atoms with Crippen LogP contribution in [0.5, 0.6) is 0 Å². The molecule has 3 aromatic rings. The second-order valence-corrected chi connectivity index (χ2v) is 3.87. The topological polar surface area (TPSA) is 73.8 Å². The number of amides is 1. The Bertz CT molecular complexity index is 718. The molecule has 0 aromatic carbocycles. The molecule has 3 rings (SSSR count). The average Bonchev–Trinajstić information content (AvgIpc) is 2.82. The lowest BCUT2D eigenvalue weighted by Crippen LogP contribution is -2.11. The van der Waals surface area contributed by atoms with Gasteiger partial charge in [-0.2, -0.15) is 0 Å². The van der Waals surface area contributed by atoms with Gasteiger partial charge in [0.05, 0.1) is 5.56 Å². The van der Waals surface area contributed by atoms with E-state index in [-0.39, 0.29) is 0 Å². The Morgan fingerprint density at radius 2 is 2.11 bits per heavy atom. The average molecular weight is 238 g/mol. The van der Waals surface area contributed by atoms with E-state index in [1.807, 2.05) is 35.0 Å². The Morgan fingerprint density at radius 1 is 1.22 bits per heavy atom. The van der Waals surface area contributed by atoms with E-state index in [1.165, 1.54) is 6.20 Å². The number of hydrogen-bond donors (Lipinski definition) is 1. The highest BCUT2D eigenvalue weighted by Crippen LogP contribution is 2.18. The molecule has 1 amide bonds. The van der Waals surface area contributed by atoms with Crippen molar-refractivity contribution in [3.63, 3.8) is 0 Å². The molecule has 5 heteroatoms. The molecule has 2 N–H and O–H groups in total. The summed E-state index contributed by atoms with van der Waals surface area (Å²) < 4.78 is 1.86. The van der Waals surface area contributed by atoms with Gasteiger partial charge in [-0.1, -0.05) is 6.07 Å². The number of carbonyl (C=O) groups excluding carboxylic acids is 1. The third-order valence-corrected chi connectivity index (χ3v) is 2.71. The summed E-state index contributed by atoms with van der Waals surface area (Å²) in [5.74, 6) is 0.307. The zero-order chi connectivity index (χ0) is 12.5. The van der Waals surface area contributed by atoms with Crippen LogP contribution in [0.3, 0.4) is 0 Å². The molecule has 0 bridgehead atoms. The van der Waals surface area contributed by atoms with Gasteiger partial charge in [0.2, 0.25) is 5.91 Å². The first-order valence-electron chi connectivity index (χ1n) is 5.44. The lowest BCUT2D eigenvalue weighted by Gasteiger charge is -2.03. The van der Waals surface area contributed by atoms with Crippen LogP contribution in [0.2, 0.25) is 0 Å². The maximum absolute atomic E-state index is 11.1. The first kappa shape index (κ1) is 10.5. The second kappa shape index (κ2) is 3.96. The number of nitrogens with two attached hydrogens (primary N) is 1. The minimum Gasteiger partial charge on any atom is -0.366 e. The summed E-state index contributed by atoms with van der Waals surface area (Å²) in [6.45, 7) is 0. The van der Waals surface area contributed by atoms with Gasteiger partial charge in [0.1, 0.15) is 11.5 Å². The maximum Gasteiger partial charge on any atom is 0.250 e. The minimum atomic E-state index is -0.477. The molecular weight excluding hydrogens is 228 g/mol. The Labute approximate surface area is 103 Å². The summed E-state index contributed by atoms with van der Waals surface area (Å²) in [6, 6.07) is 9.26. The molecule has 0 unspecified atom stereocenters. The highest BCUT2D eigenvalue weighted by molar-refractivity contribution is 5.95. The van der Waals surface area contributed by atoms with E-state index >= 15 is 0 Å². The number of rotatable bonds is 2. The highest BCUT2D eigenvalue weighted by Gasteiger charge is 2.08. The molecule has 0 aliphatic rings. The maximum atomic E-state index is 11.1. The van der Waals surface area contributed by atoms with Crippen molar-refractivity contribution in [2.45, 2.75) is 0 Å². The fourth-order valence-electron chi connectivity index (χ4n) is 1.84. The van der Waals surface area contributed by atoms with Crippen LogP contribution in [0.25, 0.3) is 16.9 Å². The predicted molar refractivity (Wildman–Crippen MR) is 67.4 cm³/mol. The van der Waals surface area contributed by atoms with Gasteiger partial charge >= 0.3 is 0 Å². The van der Waals surface area contributed by atoms with Crippen LogP contribution in [0.1, 0.15) is 10.4 Å². The van der Waals surface area contributed by atoms with Gasteiger partial charge in [0, 0.05) is 24.0 Å². The van der Waals surface area contributed by atoms with Crippen LogP contribution < -0.4 is 5.73 Å². The number of pyridine rings is 2. The molecule has 3 heterocycles. The van der Waals surface area contributed by atoms with Crippen LogP contribution >= 0.6 is 0 Å². The summed E-state index contributed by atoms with van der Waals surface area (Å²) in [7, 11) is 0. The van der Waals surface area contributed by atoms with Crippen molar-refractivity contribution >= 4 is 16.9 Å². The number of aromatic nitrogens is 3.